The molecule has 3 aliphatic heterocycles. The molecule has 3 N–H and O–H groups in total. The molecule has 55 heavy (non-hydrogen) atoms. The third-order valence-electron chi connectivity index (χ3n) is 10.3. The first-order valence-electron chi connectivity index (χ1n) is 17.9. The number of carbonyl (C=O) groups is 3. The molecule has 0 aliphatic carbocycles. The molecule has 0 bridgehead atoms. The van der Waals surface area contributed by atoms with Crippen LogP contribution >= 0.6 is 23.2 Å². The van der Waals surface area contributed by atoms with Gasteiger partial charge in [0.05, 0.1) is 52.4 Å². The number of rotatable bonds is 11. The van der Waals surface area contributed by atoms with E-state index in [9.17, 15) is 14.4 Å². The van der Waals surface area contributed by atoms with E-state index in [0.717, 1.165) is 30.8 Å². The van der Waals surface area contributed by atoms with Crippen LogP contribution in [0.3, 0.4) is 0 Å². The number of nitrogens with zero attached hydrogens (tertiary/aromatic N) is 5. The van der Waals surface area contributed by atoms with E-state index in [1.807, 2.05) is 47.1 Å². The van der Waals surface area contributed by atoms with Crippen molar-refractivity contribution in [1.29, 1.82) is 0 Å². The topological polar surface area (TPSA) is 161 Å². The van der Waals surface area contributed by atoms with Gasteiger partial charge in [-0.1, -0.05) is 41.4 Å². The van der Waals surface area contributed by atoms with Crippen LogP contribution in [0, 0.1) is 0 Å². The number of pyridine rings is 3. The van der Waals surface area contributed by atoms with Gasteiger partial charge in [-0.25, -0.2) is 14.8 Å². The molecule has 3 fully saturated rings. The van der Waals surface area contributed by atoms with Crippen molar-refractivity contribution in [3.63, 3.8) is 0 Å². The Morgan fingerprint density at radius 3 is 2.55 bits per heavy atom. The largest absolute Gasteiger partial charge is 0.493 e. The predicted molar refractivity (Wildman–Crippen MR) is 205 cm³/mol. The number of hydrogen-bond acceptors (Lipinski definition) is 10. The Balaban J connectivity index is 1.00. The van der Waals surface area contributed by atoms with Crippen molar-refractivity contribution < 1.29 is 28.6 Å². The summed E-state index contributed by atoms with van der Waals surface area (Å²) in [7, 11) is 3.09. The summed E-state index contributed by atoms with van der Waals surface area (Å²) in [4.78, 5) is 52.0. The monoisotopic (exact) mass is 784 g/mol. The molecule has 1 atom stereocenters. The van der Waals surface area contributed by atoms with Crippen molar-refractivity contribution in [1.82, 2.24) is 40.2 Å². The Morgan fingerprint density at radius 2 is 1.80 bits per heavy atom. The highest BCUT2D eigenvalue weighted by Crippen LogP contribution is 2.42. The number of nitrogens with one attached hydrogen (secondary N) is 3. The SMILES string of the molecule is COc1nc(-c2cccc(-c3ccnc(-c4cc(OC)c5nc(CN6CC7(CCC(=O)N7)C6)cn5c4)c3Cl)c2Cl)ccc1COC(=O)NC[C@@H]1CCC(=O)N1. The number of amides is 3. The molecular formula is C39H38Cl2N8O6. The van der Waals surface area contributed by atoms with Crippen molar-refractivity contribution in [2.24, 2.45) is 0 Å². The molecule has 4 aromatic heterocycles. The van der Waals surface area contributed by atoms with E-state index in [1.165, 1.54) is 7.11 Å². The number of fused-ring (bicyclic) bond motifs is 1. The van der Waals surface area contributed by atoms with Crippen LogP contribution in [-0.2, 0) is 27.5 Å². The van der Waals surface area contributed by atoms with E-state index >= 15 is 0 Å². The summed E-state index contributed by atoms with van der Waals surface area (Å²) in [5, 5.41) is 9.44. The Labute approximate surface area is 326 Å². The number of likely N-dealkylation sites (tertiary alicyclic amines) is 1. The molecule has 3 aliphatic rings. The number of halogens is 2. The zero-order valence-electron chi connectivity index (χ0n) is 30.2. The lowest BCUT2D eigenvalue weighted by molar-refractivity contribution is -0.121. The van der Waals surface area contributed by atoms with Crippen molar-refractivity contribution in [2.45, 2.75) is 50.4 Å². The van der Waals surface area contributed by atoms with Crippen LogP contribution in [0.25, 0.3) is 39.3 Å². The molecule has 0 unspecified atom stereocenters. The molecule has 0 saturated carbocycles. The van der Waals surface area contributed by atoms with E-state index in [0.29, 0.717) is 80.9 Å². The van der Waals surface area contributed by atoms with Crippen molar-refractivity contribution in [2.75, 3.05) is 33.9 Å². The van der Waals surface area contributed by atoms with Gasteiger partial charge in [0.15, 0.2) is 11.4 Å². The Morgan fingerprint density at radius 1 is 0.982 bits per heavy atom. The van der Waals surface area contributed by atoms with Crippen LogP contribution in [0.1, 0.15) is 36.9 Å². The molecule has 7 heterocycles. The smallest absolute Gasteiger partial charge is 0.407 e. The number of alkyl carbamates (subject to hydrolysis) is 1. The molecule has 3 amide bonds. The van der Waals surface area contributed by atoms with Gasteiger partial charge in [-0.15, -0.1) is 0 Å². The standard InChI is InChI=1S/C39H38Cl2N8O6/c1-53-30-14-23(16-49-18-25(45-36(30)49)17-48-20-39(21-48)12-10-32(51)47-39)35-34(41)27(11-13-42-35)26-4-3-5-28(33(26)40)29-8-6-22(37(46-29)54-2)19-55-38(52)43-15-24-7-9-31(50)44-24/h3-6,8,11,13-14,16,18,24H,7,9-10,12,15,17,19-21H2,1-2H3,(H,43,52)(H,44,50)(H,47,51)/t24-/m0/s1. The van der Waals surface area contributed by atoms with Gasteiger partial charge in [-0.05, 0) is 37.1 Å². The van der Waals surface area contributed by atoms with Gasteiger partial charge >= 0.3 is 6.09 Å². The molecule has 1 aromatic carbocycles. The minimum Gasteiger partial charge on any atom is -0.493 e. The second-order valence-corrected chi connectivity index (χ2v) is 14.8. The van der Waals surface area contributed by atoms with Gasteiger partial charge in [0.1, 0.15) is 6.61 Å². The molecule has 284 valence electrons. The summed E-state index contributed by atoms with van der Waals surface area (Å²) in [5.41, 5.74) is 5.84. The number of hydrogen-bond donors (Lipinski definition) is 3. The van der Waals surface area contributed by atoms with Crippen LogP contribution in [0.15, 0.2) is 61.1 Å². The van der Waals surface area contributed by atoms with Crippen LogP contribution in [0.2, 0.25) is 10.0 Å². The average Bonchev–Trinajstić information content (AvgIpc) is 3.90. The number of benzene rings is 1. The highest BCUT2D eigenvalue weighted by atomic mass is 35.5. The normalized spacial score (nSPS) is 17.6. The third kappa shape index (κ3) is 7.36. The van der Waals surface area contributed by atoms with E-state index in [2.05, 4.69) is 30.8 Å². The quantitative estimate of drug-likeness (QED) is 0.158. The maximum atomic E-state index is 12.3. The minimum atomic E-state index is -0.609. The third-order valence-corrected chi connectivity index (χ3v) is 11.0. The minimum absolute atomic E-state index is 0.0235. The van der Waals surface area contributed by atoms with Gasteiger partial charge in [0, 0.05) is 85.9 Å². The first kappa shape index (κ1) is 36.5. The van der Waals surface area contributed by atoms with Gasteiger partial charge in [-0.3, -0.25) is 19.5 Å². The van der Waals surface area contributed by atoms with Crippen LogP contribution in [-0.4, -0.2) is 87.6 Å². The first-order chi connectivity index (χ1) is 26.6. The zero-order chi connectivity index (χ0) is 38.3. The van der Waals surface area contributed by atoms with Crippen molar-refractivity contribution in [3.05, 3.63) is 82.4 Å². The number of imidazole rings is 1. The lowest BCUT2D eigenvalue weighted by Crippen LogP contribution is -2.66. The molecular weight excluding hydrogens is 747 g/mol. The maximum absolute atomic E-state index is 12.3. The fourth-order valence-electron chi connectivity index (χ4n) is 7.56. The number of ether oxygens (including phenoxy) is 3. The number of aromatic nitrogens is 4. The lowest BCUT2D eigenvalue weighted by Gasteiger charge is -2.47. The van der Waals surface area contributed by atoms with Crippen LogP contribution in [0.5, 0.6) is 11.6 Å². The van der Waals surface area contributed by atoms with Crippen molar-refractivity contribution >= 4 is 46.8 Å². The number of carbonyl (C=O) groups excluding carboxylic acids is 3. The van der Waals surface area contributed by atoms with Crippen LogP contribution in [0.4, 0.5) is 4.79 Å². The lowest BCUT2D eigenvalue weighted by atomic mass is 9.88. The Bertz CT molecular complexity index is 2330. The Hall–Kier alpha value is -5.44. The molecule has 0 radical (unpaired) electrons. The van der Waals surface area contributed by atoms with Gasteiger partial charge in [0.2, 0.25) is 17.7 Å². The zero-order valence-corrected chi connectivity index (χ0v) is 31.7. The van der Waals surface area contributed by atoms with E-state index < -0.39 is 6.09 Å². The molecule has 16 heteroatoms. The van der Waals surface area contributed by atoms with Crippen LogP contribution < -0.4 is 25.4 Å². The fraction of sp³-hybridized carbons (Fsp3) is 0.333. The predicted octanol–water partition coefficient (Wildman–Crippen LogP) is 5.42. The fourth-order valence-corrected chi connectivity index (χ4v) is 8.21. The molecule has 5 aromatic rings. The summed E-state index contributed by atoms with van der Waals surface area (Å²) in [6.07, 6.45) is 7.56. The van der Waals surface area contributed by atoms with E-state index in [1.54, 1.807) is 25.4 Å². The summed E-state index contributed by atoms with van der Waals surface area (Å²) in [5.74, 6) is 0.954. The maximum Gasteiger partial charge on any atom is 0.407 e. The second kappa shape index (κ2) is 15.0. The van der Waals surface area contributed by atoms with Gasteiger partial charge < -0.3 is 34.6 Å². The summed E-state index contributed by atoms with van der Waals surface area (Å²) in [6, 6.07) is 12.7. The Kier molecular flexibility index (Phi) is 9.97. The number of methoxy groups -OCH3 is 2. The second-order valence-electron chi connectivity index (χ2n) is 14.0. The average molecular weight is 786 g/mol. The highest BCUT2D eigenvalue weighted by molar-refractivity contribution is 6.39. The first-order valence-corrected chi connectivity index (χ1v) is 18.6. The molecule has 1 spiro atoms. The summed E-state index contributed by atoms with van der Waals surface area (Å²) >= 11 is 14.2. The molecule has 8 rings (SSSR count). The van der Waals surface area contributed by atoms with E-state index in [-0.39, 0.29) is 42.4 Å². The highest BCUT2D eigenvalue weighted by Gasteiger charge is 2.47. The van der Waals surface area contributed by atoms with Crippen molar-refractivity contribution in [3.8, 4) is 45.3 Å². The van der Waals surface area contributed by atoms with E-state index in [4.69, 9.17) is 42.4 Å². The summed E-state index contributed by atoms with van der Waals surface area (Å²) in [6.45, 7) is 2.48. The summed E-state index contributed by atoms with van der Waals surface area (Å²) < 4.78 is 18.6. The van der Waals surface area contributed by atoms with Gasteiger partial charge in [0.25, 0.3) is 0 Å². The van der Waals surface area contributed by atoms with Gasteiger partial charge in [-0.2, -0.15) is 0 Å². The molecule has 3 saturated heterocycles. The molecule has 14 nitrogen and oxygen atoms in total.